The molecule has 33 atom stereocenters. The molecule has 3 aromatic carbocycles. The van der Waals surface area contributed by atoms with Crippen LogP contribution in [-0.4, -0.2) is 319 Å². The molecule has 16 N–H and O–H groups in total. The van der Waals surface area contributed by atoms with Gasteiger partial charge in [0, 0.05) is 55.6 Å². The van der Waals surface area contributed by atoms with Gasteiger partial charge in [-0.15, -0.1) is 0 Å². The predicted octanol–water partition coefficient (Wildman–Crippen LogP) is 1.96. The second-order valence-electron chi connectivity index (χ2n) is 35.3. The first-order valence-corrected chi connectivity index (χ1v) is 42.1. The highest BCUT2D eigenvalue weighted by Crippen LogP contribution is 2.69. The number of hydrogen-bond acceptors (Lipinski definition) is 38. The number of fused-ring (bicyclic) bond motifs is 6. The van der Waals surface area contributed by atoms with Gasteiger partial charge in [-0.3, -0.25) is 28.8 Å². The van der Waals surface area contributed by atoms with Crippen LogP contribution in [0, 0.1) is 17.8 Å². The van der Waals surface area contributed by atoms with Gasteiger partial charge in [0.05, 0.1) is 151 Å². The van der Waals surface area contributed by atoms with Gasteiger partial charge in [0.15, 0.2) is 77.8 Å². The summed E-state index contributed by atoms with van der Waals surface area (Å²) in [5.41, 5.74) is -22.9. The lowest BCUT2D eigenvalue weighted by molar-refractivity contribution is -0.358. The van der Waals surface area contributed by atoms with Gasteiger partial charge < -0.3 is 157 Å². The number of methoxy groups -OCH3 is 3. The van der Waals surface area contributed by atoms with Crippen LogP contribution in [0.1, 0.15) is 217 Å². The van der Waals surface area contributed by atoms with Crippen molar-refractivity contribution < 1.29 is 186 Å². The van der Waals surface area contributed by atoms with Crippen molar-refractivity contribution >= 4 is 51.0 Å². The fraction of sp³-hybridized carbons (Fsp3) is 0.718. The summed E-state index contributed by atoms with van der Waals surface area (Å²) in [6.07, 6.45) is -35.5. The molecule has 12 aliphatic rings. The lowest BCUT2D eigenvalue weighted by atomic mass is 9.53. The Hall–Kier alpha value is -6.88. The molecule has 0 aromatic heterocycles. The number of ketones is 6. The number of allylic oxidation sites excluding steroid dienone is 2. The molecule has 0 spiro atoms. The second-order valence-corrected chi connectivity index (χ2v) is 35.3. The minimum Gasteiger partial charge on any atom is -0.507 e. The maximum absolute atomic E-state index is 16.4. The van der Waals surface area contributed by atoms with Crippen LogP contribution in [-0.2, 0) is 82.3 Å². The smallest absolute Gasteiger partial charge is 0.232 e. The van der Waals surface area contributed by atoms with Gasteiger partial charge >= 0.3 is 0 Å². The summed E-state index contributed by atoms with van der Waals surface area (Å²) in [5, 5.41) is 197. The van der Waals surface area contributed by atoms with Crippen LogP contribution < -0.4 is 9.47 Å². The van der Waals surface area contributed by atoms with E-state index < -0.39 is 361 Å². The zero-order valence-electron chi connectivity index (χ0n) is 70.3. The van der Waals surface area contributed by atoms with E-state index in [4.69, 9.17) is 75.8 Å². The molecule has 5 aliphatic carbocycles. The van der Waals surface area contributed by atoms with Crippen molar-refractivity contribution in [2.75, 3.05) is 27.9 Å². The van der Waals surface area contributed by atoms with Gasteiger partial charge in [0.1, 0.15) is 87.8 Å². The van der Waals surface area contributed by atoms with E-state index in [1.54, 1.807) is 41.5 Å². The Bertz CT molecular complexity index is 4700. The first kappa shape index (κ1) is 90.9. The Balaban J connectivity index is 0.806. The van der Waals surface area contributed by atoms with E-state index in [1.165, 1.54) is 27.7 Å². The Labute approximate surface area is 705 Å². The number of aromatic hydroxyl groups is 5. The third-order valence-electron chi connectivity index (χ3n) is 28.4. The minimum absolute atomic E-state index is 0.00265. The molecule has 2 saturated carbocycles. The monoisotopic (exact) mass is 1740 g/mol. The van der Waals surface area contributed by atoms with Crippen LogP contribution in [0.25, 0.3) is 16.3 Å². The van der Waals surface area contributed by atoms with Gasteiger partial charge in [0.2, 0.25) is 23.1 Å². The normalized spacial score (nSPS) is 42.9. The van der Waals surface area contributed by atoms with Gasteiger partial charge in [0.25, 0.3) is 0 Å². The van der Waals surface area contributed by atoms with E-state index in [-0.39, 0.29) is 70.8 Å². The van der Waals surface area contributed by atoms with Crippen LogP contribution in [0.5, 0.6) is 40.2 Å². The van der Waals surface area contributed by atoms with Crippen molar-refractivity contribution in [3.63, 3.8) is 0 Å². The Morgan fingerprint density at radius 2 is 1.00 bits per heavy atom. The van der Waals surface area contributed by atoms with Crippen LogP contribution in [0.3, 0.4) is 0 Å². The largest absolute Gasteiger partial charge is 0.507 e. The van der Waals surface area contributed by atoms with Crippen molar-refractivity contribution in [3.05, 3.63) is 44.7 Å². The summed E-state index contributed by atoms with van der Waals surface area (Å²) in [7, 11) is 2.88. The highest BCUT2D eigenvalue weighted by Gasteiger charge is 2.82. The molecule has 0 radical (unpaired) electrons. The highest BCUT2D eigenvalue weighted by molar-refractivity contribution is 6.43. The fourth-order valence-corrected chi connectivity index (χ4v) is 21.7. The molecule has 7 saturated heterocycles. The third kappa shape index (κ3) is 13.7. The topological polar surface area (TPSA) is 574 Å². The van der Waals surface area contributed by atoms with Crippen molar-refractivity contribution in [2.24, 2.45) is 17.8 Å². The molecule has 0 unspecified atom stereocenters. The summed E-state index contributed by atoms with van der Waals surface area (Å²) >= 11 is 0. The molecule has 9 fully saturated rings. The lowest BCUT2D eigenvalue weighted by Crippen LogP contribution is -2.80. The summed E-state index contributed by atoms with van der Waals surface area (Å²) in [6.45, 7) is 14.7. The van der Waals surface area contributed by atoms with Crippen molar-refractivity contribution in [1.29, 1.82) is 0 Å². The third-order valence-corrected chi connectivity index (χ3v) is 28.4. The number of aliphatic hydroxyl groups excluding tert-OH is 6. The van der Waals surface area contributed by atoms with Crippen molar-refractivity contribution in [3.8, 4) is 40.2 Å². The average molecular weight is 1740 g/mol. The number of Topliss-reactive ketones (excluding diaryl/α,β-unsaturated/α-hetero) is 6. The first-order valence-electron chi connectivity index (χ1n) is 42.1. The molecule has 123 heavy (non-hydrogen) atoms. The summed E-state index contributed by atoms with van der Waals surface area (Å²) in [5.74, 6) is -20.2. The van der Waals surface area contributed by atoms with E-state index >= 15 is 19.2 Å². The maximum atomic E-state index is 16.4. The molecule has 15 rings (SSSR count). The maximum Gasteiger partial charge on any atom is 0.232 e. The number of phenolic OH excluding ortho intramolecular Hbond substituents is 5. The number of rotatable bonds is 22. The highest BCUT2D eigenvalue weighted by atomic mass is 16.8. The van der Waals surface area contributed by atoms with Crippen LogP contribution in [0.15, 0.2) is 5.76 Å². The molecule has 3 aromatic rings. The zero-order chi connectivity index (χ0) is 89.4. The number of benzene rings is 3. The standard InChI is InChI=1S/C85H112O38/c1-14-21-82(105)78(121-43-18-17-42(31(5)112-43)118-46-24-29(3)81(104,28-111-46)35(9)87)68(99)70(119-47-26-39(88)59(90)32(6)114-47)38-25-37-49(76(101)84(38,82)106)62(93)52-53(61(37)92)73(109-12)74(110-13)55(65(52)96)54-63(94)50-51(67(98)72(54)108-11)64(95)56-57(66(50)97)77(102)85(107)58-71(56)123-83(85,22-15-2)79(69(100)75(58)120-48-27-40(89)60(91)33(7)115-48)122-44-19-16-41(30(4)113-44)117-45-20-23-80(103,34(8)86)36(10)116-45/h29-33,36,38-48,58-60,68-71,75,78-79,88-93,95-97,99-100,103-107H,14-28H2,1-13H3/t29-,30-,31-,32+,33+,36+,38-,39-,40-,41-,42+,43+,44+,45-,46-,47-,48+,58-,59+,60+,68+,69-,70-,71+,75+,78-,79+,80-,81+,82+,83+,84+,85-/m1/s1. The molecule has 38 heteroatoms. The fourth-order valence-electron chi connectivity index (χ4n) is 21.7. The van der Waals surface area contributed by atoms with E-state index in [0.717, 1.165) is 21.3 Å². The lowest BCUT2D eigenvalue weighted by Gasteiger charge is -2.60. The number of ether oxygens (including phenoxy) is 16. The van der Waals surface area contributed by atoms with E-state index in [9.17, 15) is 91.3 Å². The second kappa shape index (κ2) is 33.0. The molecule has 0 amide bonds. The van der Waals surface area contributed by atoms with Crippen molar-refractivity contribution in [2.45, 2.75) is 340 Å². The van der Waals surface area contributed by atoms with Crippen LogP contribution >= 0.6 is 0 Å². The molecular weight excluding hydrogens is 1630 g/mol. The average Bonchev–Trinajstić information content (AvgIpc) is 1.49. The zero-order valence-corrected chi connectivity index (χ0v) is 70.3. The Kier molecular flexibility index (Phi) is 24.4. The number of hydrogen-bond donors (Lipinski definition) is 16. The van der Waals surface area contributed by atoms with Crippen LogP contribution in [0.2, 0.25) is 0 Å². The minimum atomic E-state index is -3.33. The van der Waals surface area contributed by atoms with E-state index in [1.807, 2.05) is 0 Å². The molecule has 680 valence electrons. The number of carbonyl (C=O) groups is 6. The molecule has 7 aliphatic heterocycles. The summed E-state index contributed by atoms with van der Waals surface area (Å²) in [6, 6.07) is 0. The first-order chi connectivity index (χ1) is 58.0. The van der Waals surface area contributed by atoms with Crippen molar-refractivity contribution in [1.82, 2.24) is 0 Å². The van der Waals surface area contributed by atoms with E-state index in [0.29, 0.717) is 0 Å². The SMILES string of the molecule is CCC[C@@]12O[C@H]3c4c(O)c5c(c(O)c4C(=O)[C@]1(O)[C@H]3[C@H](O[C@H]1C[C@@H](O)[C@@H](O)[C@H](C)O1)[C@@H](O)[C@@H]2O[C@H]1CC[C@@H](O[C@@H]2CC[C@@](O)(C(C)=O)[C@H](C)O2)[C@@H](C)O1)C(=O)C(c1c(OC)c(OC)c2c(O)c3c(c(O)c2c1O)C(=O)[C@@]1(O)[C@H](C3)[C@@H](O[C@@H]2C[C@@H](O)[C@@H](O)[C@H](C)O2)[C@H](O)[C@@H](O[C@H]2CC[C@H](O[C@@H]3C[C@@H](C)[C@](O)(C(C)=O)CO3)[C@@H](C)O2)[C@@]1(O)CCC)=C(OC)C5=O. The molecule has 4 bridgehead atoms. The van der Waals surface area contributed by atoms with E-state index in [2.05, 4.69) is 0 Å². The van der Waals surface area contributed by atoms with Gasteiger partial charge in [-0.05, 0) is 92.9 Å². The number of phenols is 5. The molecule has 7 heterocycles. The van der Waals surface area contributed by atoms with Gasteiger partial charge in [-0.25, -0.2) is 0 Å². The van der Waals surface area contributed by atoms with Gasteiger partial charge in [-0.2, -0.15) is 0 Å². The summed E-state index contributed by atoms with van der Waals surface area (Å²) in [4.78, 5) is 89.6. The van der Waals surface area contributed by atoms with Gasteiger partial charge in [-0.1, -0.05) is 33.6 Å². The summed E-state index contributed by atoms with van der Waals surface area (Å²) < 4.78 is 100. The predicted molar refractivity (Wildman–Crippen MR) is 414 cm³/mol. The Morgan fingerprint density at radius 1 is 0.480 bits per heavy atom. The number of aliphatic hydroxyl groups is 11. The number of carbonyl (C=O) groups excluding carboxylic acids is 6. The Morgan fingerprint density at radius 3 is 1.53 bits per heavy atom. The molecular formula is C85H112O38. The molecule has 38 nitrogen and oxygen atoms in total. The quantitative estimate of drug-likeness (QED) is 0.0639. The van der Waals surface area contributed by atoms with Crippen LogP contribution in [0.4, 0.5) is 0 Å².